The summed E-state index contributed by atoms with van der Waals surface area (Å²) < 4.78 is 11.1. The monoisotopic (exact) mass is 311 g/mol. The maximum atomic E-state index is 12.2. The van der Waals surface area contributed by atoms with Crippen LogP contribution in [0.15, 0.2) is 12.1 Å². The largest absolute Gasteiger partial charge is 0.381 e. The third kappa shape index (κ3) is 4.80. The molecule has 2 heterocycles. The molecular formula is C16H25NO3S. The van der Waals surface area contributed by atoms with Crippen molar-refractivity contribution in [2.45, 2.75) is 45.3 Å². The van der Waals surface area contributed by atoms with E-state index in [0.29, 0.717) is 13.0 Å². The summed E-state index contributed by atoms with van der Waals surface area (Å²) in [5.74, 6) is 0.139. The zero-order chi connectivity index (χ0) is 15.2. The molecule has 1 atom stereocenters. The molecular weight excluding hydrogens is 286 g/mol. The Labute approximate surface area is 131 Å². The highest BCUT2D eigenvalue weighted by atomic mass is 32.1. The van der Waals surface area contributed by atoms with Crippen molar-refractivity contribution >= 4 is 17.2 Å². The van der Waals surface area contributed by atoms with Gasteiger partial charge in [0.25, 0.3) is 0 Å². The van der Waals surface area contributed by atoms with Crippen LogP contribution in [0.3, 0.4) is 0 Å². The van der Waals surface area contributed by atoms with Crippen LogP contribution < -0.4 is 0 Å². The molecule has 0 aliphatic carbocycles. The summed E-state index contributed by atoms with van der Waals surface area (Å²) in [6.07, 6.45) is 2.58. The van der Waals surface area contributed by atoms with E-state index in [4.69, 9.17) is 9.47 Å². The highest BCUT2D eigenvalue weighted by Crippen LogP contribution is 2.26. The van der Waals surface area contributed by atoms with Gasteiger partial charge in [-0.25, -0.2) is 0 Å². The van der Waals surface area contributed by atoms with Gasteiger partial charge in [0.05, 0.1) is 25.2 Å². The number of carbonyl (C=O) groups is 1. The number of ether oxygens (including phenoxy) is 2. The van der Waals surface area contributed by atoms with E-state index in [1.165, 1.54) is 9.75 Å². The van der Waals surface area contributed by atoms with E-state index < -0.39 is 0 Å². The standard InChI is InChI=1S/C16H25NO3S/c1-12-4-5-15(21-12)13(2)17(3)16(18)8-11-20-14-6-9-19-10-7-14/h4-5,13-14H,6-11H2,1-3H3. The minimum Gasteiger partial charge on any atom is -0.381 e. The molecule has 1 aromatic heterocycles. The summed E-state index contributed by atoms with van der Waals surface area (Å²) in [4.78, 5) is 16.6. The molecule has 0 spiro atoms. The van der Waals surface area contributed by atoms with Gasteiger partial charge in [0.2, 0.25) is 5.91 Å². The molecule has 1 amide bonds. The first kappa shape index (κ1) is 16.5. The molecule has 1 unspecified atom stereocenters. The lowest BCUT2D eigenvalue weighted by atomic mass is 10.1. The first-order valence-corrected chi connectivity index (χ1v) is 8.41. The summed E-state index contributed by atoms with van der Waals surface area (Å²) >= 11 is 1.75. The van der Waals surface area contributed by atoms with Crippen molar-refractivity contribution in [2.75, 3.05) is 26.9 Å². The SMILES string of the molecule is Cc1ccc(C(C)N(C)C(=O)CCOC2CCOCC2)s1. The Hall–Kier alpha value is -0.910. The van der Waals surface area contributed by atoms with Crippen molar-refractivity contribution in [2.24, 2.45) is 0 Å². The van der Waals surface area contributed by atoms with Gasteiger partial charge in [0.15, 0.2) is 0 Å². The van der Waals surface area contributed by atoms with Crippen molar-refractivity contribution in [3.05, 3.63) is 21.9 Å². The molecule has 0 bridgehead atoms. The van der Waals surface area contributed by atoms with Crippen molar-refractivity contribution in [1.82, 2.24) is 4.90 Å². The van der Waals surface area contributed by atoms with E-state index in [-0.39, 0.29) is 18.1 Å². The van der Waals surface area contributed by atoms with E-state index in [2.05, 4.69) is 26.0 Å². The average Bonchev–Trinajstić information content (AvgIpc) is 2.93. The fraction of sp³-hybridized carbons (Fsp3) is 0.688. The van der Waals surface area contributed by atoms with Gasteiger partial charge in [-0.05, 0) is 38.8 Å². The number of carbonyl (C=O) groups excluding carboxylic acids is 1. The van der Waals surface area contributed by atoms with Crippen LogP contribution in [0.4, 0.5) is 0 Å². The Bertz CT molecular complexity index is 454. The van der Waals surface area contributed by atoms with Crippen LogP contribution in [0.1, 0.15) is 42.0 Å². The van der Waals surface area contributed by atoms with Gasteiger partial charge in [-0.2, -0.15) is 0 Å². The molecule has 1 aromatic rings. The number of thiophene rings is 1. The summed E-state index contributed by atoms with van der Waals surface area (Å²) in [5, 5.41) is 0. The topological polar surface area (TPSA) is 38.8 Å². The molecule has 5 heteroatoms. The number of aryl methyl sites for hydroxylation is 1. The molecule has 0 radical (unpaired) electrons. The van der Waals surface area contributed by atoms with Crippen molar-refractivity contribution in [3.8, 4) is 0 Å². The Balaban J connectivity index is 1.74. The molecule has 118 valence electrons. The molecule has 0 aromatic carbocycles. The van der Waals surface area contributed by atoms with Gasteiger partial charge in [0, 0.05) is 30.0 Å². The third-order valence-corrected chi connectivity index (χ3v) is 5.16. The van der Waals surface area contributed by atoms with E-state index >= 15 is 0 Å². The van der Waals surface area contributed by atoms with Gasteiger partial charge in [-0.3, -0.25) is 4.79 Å². The lowest BCUT2D eigenvalue weighted by Gasteiger charge is -2.25. The number of hydrogen-bond donors (Lipinski definition) is 0. The first-order chi connectivity index (χ1) is 10.1. The second kappa shape index (κ2) is 7.92. The van der Waals surface area contributed by atoms with Crippen LogP contribution in [-0.2, 0) is 14.3 Å². The fourth-order valence-corrected chi connectivity index (χ4v) is 3.39. The number of rotatable bonds is 6. The molecule has 1 aliphatic rings. The summed E-state index contributed by atoms with van der Waals surface area (Å²) in [6.45, 7) is 6.21. The van der Waals surface area contributed by atoms with Gasteiger partial charge < -0.3 is 14.4 Å². The second-order valence-electron chi connectivity index (χ2n) is 5.56. The number of hydrogen-bond acceptors (Lipinski definition) is 4. The number of nitrogens with zero attached hydrogens (tertiary/aromatic N) is 1. The Morgan fingerprint density at radius 2 is 2.19 bits per heavy atom. The van der Waals surface area contributed by atoms with E-state index in [1.54, 1.807) is 11.3 Å². The first-order valence-electron chi connectivity index (χ1n) is 7.59. The maximum absolute atomic E-state index is 12.2. The maximum Gasteiger partial charge on any atom is 0.225 e. The lowest BCUT2D eigenvalue weighted by molar-refractivity contribution is -0.133. The zero-order valence-corrected chi connectivity index (χ0v) is 13.9. The Kier molecular flexibility index (Phi) is 6.21. The Morgan fingerprint density at radius 1 is 1.48 bits per heavy atom. The second-order valence-corrected chi connectivity index (χ2v) is 6.88. The van der Waals surface area contributed by atoms with Crippen LogP contribution in [0.25, 0.3) is 0 Å². The van der Waals surface area contributed by atoms with Crippen LogP contribution in [0, 0.1) is 6.92 Å². The number of amides is 1. The minimum atomic E-state index is 0.124. The van der Waals surface area contributed by atoms with Crippen molar-refractivity contribution in [3.63, 3.8) is 0 Å². The molecule has 0 saturated carbocycles. The summed E-state index contributed by atoms with van der Waals surface area (Å²) in [7, 11) is 1.87. The van der Waals surface area contributed by atoms with E-state index in [9.17, 15) is 4.79 Å². The van der Waals surface area contributed by atoms with E-state index in [1.807, 2.05) is 11.9 Å². The van der Waals surface area contributed by atoms with Crippen LogP contribution in [0.2, 0.25) is 0 Å². The predicted octanol–water partition coefficient (Wildman–Crippen LogP) is 3.16. The third-order valence-electron chi connectivity index (χ3n) is 3.99. The summed E-state index contributed by atoms with van der Waals surface area (Å²) in [6, 6.07) is 4.33. The molecule has 0 N–H and O–H groups in total. The highest BCUT2D eigenvalue weighted by Gasteiger charge is 2.19. The van der Waals surface area contributed by atoms with Crippen molar-refractivity contribution < 1.29 is 14.3 Å². The van der Waals surface area contributed by atoms with Crippen molar-refractivity contribution in [1.29, 1.82) is 0 Å². The normalized spacial score (nSPS) is 17.7. The molecule has 21 heavy (non-hydrogen) atoms. The van der Waals surface area contributed by atoms with Gasteiger partial charge >= 0.3 is 0 Å². The van der Waals surface area contributed by atoms with Gasteiger partial charge in [-0.15, -0.1) is 11.3 Å². The molecule has 1 fully saturated rings. The zero-order valence-electron chi connectivity index (χ0n) is 13.1. The lowest BCUT2D eigenvalue weighted by Crippen LogP contribution is -2.31. The van der Waals surface area contributed by atoms with Gasteiger partial charge in [-0.1, -0.05) is 0 Å². The quantitative estimate of drug-likeness (QED) is 0.810. The van der Waals surface area contributed by atoms with Crippen LogP contribution in [-0.4, -0.2) is 43.8 Å². The van der Waals surface area contributed by atoms with Gasteiger partial charge in [0.1, 0.15) is 0 Å². The van der Waals surface area contributed by atoms with Crippen LogP contribution in [0.5, 0.6) is 0 Å². The average molecular weight is 311 g/mol. The highest BCUT2D eigenvalue weighted by molar-refractivity contribution is 7.12. The molecule has 1 aliphatic heterocycles. The van der Waals surface area contributed by atoms with E-state index in [0.717, 1.165) is 26.1 Å². The van der Waals surface area contributed by atoms with Crippen LogP contribution >= 0.6 is 11.3 Å². The molecule has 4 nitrogen and oxygen atoms in total. The predicted molar refractivity (Wildman–Crippen MR) is 84.7 cm³/mol. The molecule has 2 rings (SSSR count). The molecule has 1 saturated heterocycles. The minimum absolute atomic E-state index is 0.124. The fourth-order valence-electron chi connectivity index (χ4n) is 2.42. The summed E-state index contributed by atoms with van der Waals surface area (Å²) in [5.41, 5.74) is 0. The smallest absolute Gasteiger partial charge is 0.225 e. The Morgan fingerprint density at radius 3 is 2.81 bits per heavy atom.